The quantitative estimate of drug-likeness (QED) is 0.100. The Hall–Kier alpha value is -9.65. The van der Waals surface area contributed by atoms with Gasteiger partial charge < -0.3 is 43.9 Å². The van der Waals surface area contributed by atoms with Crippen LogP contribution in [0, 0.1) is 24.7 Å². The maximum absolute atomic E-state index is 12.1. The summed E-state index contributed by atoms with van der Waals surface area (Å²) in [6.45, 7) is 13.5. The fourth-order valence-corrected chi connectivity index (χ4v) is 12.8. The second-order valence-electron chi connectivity index (χ2n) is 26.2. The maximum atomic E-state index is 12.1. The van der Waals surface area contributed by atoms with Crippen LogP contribution in [0.2, 0.25) is 0 Å². The summed E-state index contributed by atoms with van der Waals surface area (Å²) in [7, 11) is 1.47. The van der Waals surface area contributed by atoms with E-state index in [2.05, 4.69) is 107 Å². The van der Waals surface area contributed by atoms with Crippen LogP contribution in [0.5, 0.6) is 34.5 Å². The van der Waals surface area contributed by atoms with Crippen molar-refractivity contribution in [2.45, 2.75) is 109 Å². The summed E-state index contributed by atoms with van der Waals surface area (Å²) in [4.78, 5) is 39.7. The van der Waals surface area contributed by atoms with E-state index in [0.717, 1.165) is 118 Å². The molecule has 0 amide bonds. The topological polar surface area (TPSA) is 136 Å². The molecule has 9 aromatic carbocycles. The third-order valence-electron chi connectivity index (χ3n) is 18.1. The SMILES string of the molecule is CC(C)(C)OC(=O)C1CC1c1ccc2c(c1)CCNC2.COC(=O)C1CC1c1ccc2c(c1)CCN(c1cccc(Oc3ccccc3)c1)C2.Cc1cccc(Oc2ccccc2)c1.O=C(O)C1CC1c1ccc2c(c1)CCN(c1cccc(Oc3ccccc3)c1)C2. The first kappa shape index (κ1) is 63.5. The second-order valence-corrected chi connectivity index (χ2v) is 26.2. The van der Waals surface area contributed by atoms with Gasteiger partial charge in [-0.15, -0.1) is 0 Å². The molecular formula is C81H83N3O9. The number of benzene rings is 9. The van der Waals surface area contributed by atoms with Crippen molar-refractivity contribution in [1.29, 1.82) is 0 Å². The van der Waals surface area contributed by atoms with Gasteiger partial charge in [0.25, 0.3) is 0 Å². The van der Waals surface area contributed by atoms with Gasteiger partial charge in [0.2, 0.25) is 0 Å². The minimum Gasteiger partial charge on any atom is -0.481 e. The Labute approximate surface area is 547 Å². The number of esters is 2. The highest BCUT2D eigenvalue weighted by Gasteiger charge is 2.47. The fourth-order valence-electron chi connectivity index (χ4n) is 12.8. The van der Waals surface area contributed by atoms with Crippen LogP contribution in [0.1, 0.15) is 113 Å². The molecule has 15 rings (SSSR count). The third-order valence-corrected chi connectivity index (χ3v) is 18.1. The molecule has 3 heterocycles. The summed E-state index contributed by atoms with van der Waals surface area (Å²) in [6.07, 6.45) is 5.68. The van der Waals surface area contributed by atoms with E-state index in [0.29, 0.717) is 11.8 Å². The monoisotopic (exact) mass is 1240 g/mol. The molecule has 0 aromatic heterocycles. The second kappa shape index (κ2) is 28.9. The molecule has 0 bridgehead atoms. The minimum absolute atomic E-state index is 0.0399. The Morgan fingerprint density at radius 3 is 1.29 bits per heavy atom. The average molecular weight is 1240 g/mol. The number of methoxy groups -OCH3 is 1. The fraction of sp³-hybridized carbons (Fsp3) is 0.296. The van der Waals surface area contributed by atoms with E-state index in [-0.39, 0.29) is 41.2 Å². The molecule has 93 heavy (non-hydrogen) atoms. The number of rotatable bonds is 14. The van der Waals surface area contributed by atoms with Crippen molar-refractivity contribution in [2.75, 3.05) is 36.5 Å². The molecule has 6 atom stereocenters. The zero-order chi connectivity index (χ0) is 64.4. The van der Waals surface area contributed by atoms with E-state index in [4.69, 9.17) is 23.7 Å². The molecule has 6 aliphatic rings. The number of aryl methyl sites for hydroxylation is 1. The van der Waals surface area contributed by atoms with Gasteiger partial charge in [-0.25, -0.2) is 0 Å². The zero-order valence-corrected chi connectivity index (χ0v) is 53.8. The van der Waals surface area contributed by atoms with Crippen molar-refractivity contribution < 1.29 is 43.2 Å². The number of carbonyl (C=O) groups is 3. The number of nitrogens with one attached hydrogen (secondary N) is 1. The summed E-state index contributed by atoms with van der Waals surface area (Å²) in [5, 5.41) is 12.6. The highest BCUT2D eigenvalue weighted by atomic mass is 16.6. The molecular weight excluding hydrogens is 1160 g/mol. The van der Waals surface area contributed by atoms with Crippen molar-refractivity contribution >= 4 is 29.3 Å². The number of carboxylic acid groups (broad SMARTS) is 1. The first-order chi connectivity index (χ1) is 45.2. The normalized spacial score (nSPS) is 19.5. The molecule has 9 aromatic rings. The number of aliphatic carboxylic acids is 1. The summed E-state index contributed by atoms with van der Waals surface area (Å²) in [5.74, 6) is 5.13. The molecule has 2 N–H and O–H groups in total. The number of hydrogen-bond acceptors (Lipinski definition) is 11. The molecule has 12 nitrogen and oxygen atoms in total. The Kier molecular flexibility index (Phi) is 19.7. The van der Waals surface area contributed by atoms with Gasteiger partial charge in [-0.1, -0.05) is 133 Å². The lowest BCUT2D eigenvalue weighted by Gasteiger charge is -2.31. The van der Waals surface area contributed by atoms with Crippen LogP contribution in [0.3, 0.4) is 0 Å². The molecule has 3 fully saturated rings. The molecule has 0 spiro atoms. The molecule has 3 aliphatic heterocycles. The van der Waals surface area contributed by atoms with Gasteiger partial charge in [-0.3, -0.25) is 14.4 Å². The average Bonchev–Trinajstić information content (AvgIpc) is 1.72. The zero-order valence-electron chi connectivity index (χ0n) is 53.8. The number of carbonyl (C=O) groups excluding carboxylic acids is 2. The Morgan fingerprint density at radius 2 is 0.849 bits per heavy atom. The van der Waals surface area contributed by atoms with Crippen molar-refractivity contribution in [3.8, 4) is 34.5 Å². The van der Waals surface area contributed by atoms with Gasteiger partial charge in [0.05, 0.1) is 24.9 Å². The van der Waals surface area contributed by atoms with Crippen molar-refractivity contribution in [3.63, 3.8) is 0 Å². The summed E-state index contributed by atoms with van der Waals surface area (Å²) >= 11 is 0. The first-order valence-electron chi connectivity index (χ1n) is 32.7. The smallest absolute Gasteiger partial charge is 0.310 e. The number of nitrogens with zero attached hydrogens (tertiary/aromatic N) is 2. The Bertz CT molecular complexity index is 4060. The number of para-hydroxylation sites is 3. The van der Waals surface area contributed by atoms with E-state index in [9.17, 15) is 19.5 Å². The number of anilines is 2. The molecule has 3 saturated carbocycles. The van der Waals surface area contributed by atoms with Gasteiger partial charge in [0.15, 0.2) is 0 Å². The van der Waals surface area contributed by atoms with Crippen molar-refractivity contribution in [3.05, 3.63) is 274 Å². The van der Waals surface area contributed by atoms with Crippen LogP contribution < -0.4 is 29.3 Å². The predicted molar refractivity (Wildman–Crippen MR) is 366 cm³/mol. The molecule has 6 unspecified atom stereocenters. The lowest BCUT2D eigenvalue weighted by Crippen LogP contribution is -2.30. The van der Waals surface area contributed by atoms with E-state index in [1.165, 1.54) is 68.4 Å². The summed E-state index contributed by atoms with van der Waals surface area (Å²) in [6, 6.07) is 74.0. The lowest BCUT2D eigenvalue weighted by atomic mass is 9.95. The number of carboxylic acids is 1. The summed E-state index contributed by atoms with van der Waals surface area (Å²) in [5.41, 5.74) is 15.2. The van der Waals surface area contributed by atoms with Gasteiger partial charge in [-0.05, 0) is 219 Å². The summed E-state index contributed by atoms with van der Waals surface area (Å²) < 4.78 is 28.0. The van der Waals surface area contributed by atoms with E-state index in [1.807, 2.05) is 154 Å². The third kappa shape index (κ3) is 16.9. The van der Waals surface area contributed by atoms with Crippen LogP contribution in [0.4, 0.5) is 11.4 Å². The van der Waals surface area contributed by atoms with Crippen LogP contribution >= 0.6 is 0 Å². The van der Waals surface area contributed by atoms with E-state index < -0.39 is 5.97 Å². The number of fused-ring (bicyclic) bond motifs is 3. The molecule has 0 radical (unpaired) electrons. The molecule has 476 valence electrons. The van der Waals surface area contributed by atoms with Gasteiger partial charge in [-0.2, -0.15) is 0 Å². The van der Waals surface area contributed by atoms with Gasteiger partial charge >= 0.3 is 17.9 Å². The van der Waals surface area contributed by atoms with Crippen molar-refractivity contribution in [1.82, 2.24) is 5.32 Å². The lowest BCUT2D eigenvalue weighted by molar-refractivity contribution is -0.156. The van der Waals surface area contributed by atoms with Crippen LogP contribution in [0.25, 0.3) is 0 Å². The van der Waals surface area contributed by atoms with Crippen LogP contribution in [0.15, 0.2) is 218 Å². The van der Waals surface area contributed by atoms with E-state index >= 15 is 0 Å². The Balaban J connectivity index is 0.000000124. The first-order valence-corrected chi connectivity index (χ1v) is 32.7. The van der Waals surface area contributed by atoms with Crippen LogP contribution in [-0.4, -0.2) is 55.4 Å². The highest BCUT2D eigenvalue weighted by molar-refractivity contribution is 5.78. The minimum atomic E-state index is -0.670. The van der Waals surface area contributed by atoms with Crippen LogP contribution in [-0.2, 0) is 62.8 Å². The van der Waals surface area contributed by atoms with Gasteiger partial charge in [0, 0.05) is 56.2 Å². The molecule has 3 aliphatic carbocycles. The highest BCUT2D eigenvalue weighted by Crippen LogP contribution is 2.51. The number of hydrogen-bond donors (Lipinski definition) is 2. The van der Waals surface area contributed by atoms with Gasteiger partial charge in [0.1, 0.15) is 40.1 Å². The molecule has 12 heteroatoms. The standard InChI is InChI=1S/C26H25NO3.C25H23NO3.C17H23NO2.C13H12O/c1-29-26(28)25-16-24(25)19-10-11-20-17-27(13-12-18(20)14-19)21-6-5-9-23(15-21)30-22-7-3-2-4-8-22;27-25(28)24-15-23(24)18-9-10-19-16-26(12-11-17(19)13-18)20-5-4-8-22(14-20)29-21-6-2-1-3-7-21;1-17(2,3)20-16(19)15-9-14(15)12-4-5-13-10-18-7-6-11(13)8-12;1-11-6-5-9-13(10-11)14-12-7-3-2-4-8-12/h2-11,14-15,24-25H,12-13,16-17H2,1H3;1-10,13-14,23-24H,11-12,15-16H2,(H,27,28);4-5,8,14-15,18H,6-7,9-10H2,1-3H3;2-10H,1H3. The van der Waals surface area contributed by atoms with Crippen molar-refractivity contribution in [2.24, 2.45) is 17.8 Å². The van der Waals surface area contributed by atoms with E-state index in [1.54, 1.807) is 0 Å². The maximum Gasteiger partial charge on any atom is 0.310 e. The Morgan fingerprint density at radius 1 is 0.441 bits per heavy atom. The number of ether oxygens (including phenoxy) is 5. The largest absolute Gasteiger partial charge is 0.481 e. The molecule has 0 saturated heterocycles. The predicted octanol–water partition coefficient (Wildman–Crippen LogP) is 17.1.